The van der Waals surface area contributed by atoms with Gasteiger partial charge in [0.1, 0.15) is 0 Å². The summed E-state index contributed by atoms with van der Waals surface area (Å²) >= 11 is 0. The predicted molar refractivity (Wildman–Crippen MR) is 99.3 cm³/mol. The number of methoxy groups -OCH3 is 1. The van der Waals surface area contributed by atoms with Gasteiger partial charge in [0, 0.05) is 24.2 Å². The molecular weight excluding hydrogens is 332 g/mol. The topological polar surface area (TPSA) is 84.5 Å². The number of hydrogen-bond donors (Lipinski definition) is 2. The Hall–Kier alpha value is -3.15. The van der Waals surface area contributed by atoms with Gasteiger partial charge in [0.15, 0.2) is 0 Å². The molecule has 0 bridgehead atoms. The second-order valence-corrected chi connectivity index (χ2v) is 5.89. The van der Waals surface area contributed by atoms with E-state index in [4.69, 9.17) is 0 Å². The molecule has 6 nitrogen and oxygen atoms in total. The van der Waals surface area contributed by atoms with Crippen LogP contribution in [0.3, 0.4) is 0 Å². The summed E-state index contributed by atoms with van der Waals surface area (Å²) < 4.78 is 4.68. The molecule has 2 aromatic rings. The Morgan fingerprint density at radius 2 is 1.73 bits per heavy atom. The molecule has 26 heavy (non-hydrogen) atoms. The zero-order chi connectivity index (χ0) is 19.1. The van der Waals surface area contributed by atoms with Crippen LogP contribution in [0, 0.1) is 13.8 Å². The molecule has 2 aromatic carbocycles. The predicted octanol–water partition coefficient (Wildman–Crippen LogP) is 2.85. The van der Waals surface area contributed by atoms with Gasteiger partial charge in [0.25, 0.3) is 5.91 Å². The lowest BCUT2D eigenvalue weighted by atomic mass is 10.1. The molecular formula is C20H22N2O4. The molecule has 0 unspecified atom stereocenters. The third-order valence-corrected chi connectivity index (χ3v) is 3.96. The van der Waals surface area contributed by atoms with Crippen molar-refractivity contribution in [3.8, 4) is 0 Å². The number of carbonyl (C=O) groups is 3. The Morgan fingerprint density at radius 1 is 1.00 bits per heavy atom. The third kappa shape index (κ3) is 4.92. The van der Waals surface area contributed by atoms with Crippen LogP contribution in [0.2, 0.25) is 0 Å². The van der Waals surface area contributed by atoms with E-state index < -0.39 is 5.97 Å². The van der Waals surface area contributed by atoms with Crippen LogP contribution in [0.5, 0.6) is 0 Å². The average molecular weight is 354 g/mol. The second kappa shape index (κ2) is 8.80. The first-order chi connectivity index (χ1) is 12.4. The van der Waals surface area contributed by atoms with Crippen molar-refractivity contribution in [1.29, 1.82) is 0 Å². The van der Waals surface area contributed by atoms with Crippen molar-refractivity contribution < 1.29 is 19.1 Å². The molecule has 136 valence electrons. The summed E-state index contributed by atoms with van der Waals surface area (Å²) in [6.45, 7) is 3.91. The smallest absolute Gasteiger partial charge is 0.337 e. The van der Waals surface area contributed by atoms with Crippen LogP contribution >= 0.6 is 0 Å². The molecule has 0 saturated carbocycles. The van der Waals surface area contributed by atoms with E-state index in [1.165, 1.54) is 7.11 Å². The van der Waals surface area contributed by atoms with Crippen LogP contribution in [0.1, 0.15) is 38.3 Å². The first-order valence-electron chi connectivity index (χ1n) is 8.25. The highest BCUT2D eigenvalue weighted by Gasteiger charge is 2.12. The largest absolute Gasteiger partial charge is 0.465 e. The van der Waals surface area contributed by atoms with Gasteiger partial charge in [-0.05, 0) is 43.2 Å². The zero-order valence-electron chi connectivity index (χ0n) is 15.1. The molecule has 0 heterocycles. The number of aryl methyl sites for hydroxylation is 2. The summed E-state index contributed by atoms with van der Waals surface area (Å²) in [4.78, 5) is 35.8. The summed E-state index contributed by atoms with van der Waals surface area (Å²) in [6.07, 6.45) is 0.125. The van der Waals surface area contributed by atoms with Crippen molar-refractivity contribution in [2.75, 3.05) is 19.0 Å². The molecule has 0 aliphatic heterocycles. The van der Waals surface area contributed by atoms with E-state index >= 15 is 0 Å². The average Bonchev–Trinajstić information content (AvgIpc) is 2.63. The third-order valence-electron chi connectivity index (χ3n) is 3.96. The van der Waals surface area contributed by atoms with Crippen molar-refractivity contribution in [2.24, 2.45) is 0 Å². The van der Waals surface area contributed by atoms with Crippen LogP contribution in [-0.2, 0) is 9.53 Å². The van der Waals surface area contributed by atoms with Gasteiger partial charge in [-0.2, -0.15) is 0 Å². The van der Waals surface area contributed by atoms with Crippen molar-refractivity contribution in [3.63, 3.8) is 0 Å². The number of benzene rings is 2. The maximum atomic E-state index is 12.1. The van der Waals surface area contributed by atoms with Gasteiger partial charge in [-0.15, -0.1) is 0 Å². The van der Waals surface area contributed by atoms with Crippen molar-refractivity contribution >= 4 is 23.5 Å². The van der Waals surface area contributed by atoms with Crippen molar-refractivity contribution in [2.45, 2.75) is 20.3 Å². The number of nitrogens with one attached hydrogen (secondary N) is 2. The molecule has 0 radical (unpaired) electrons. The van der Waals surface area contributed by atoms with Crippen LogP contribution in [-0.4, -0.2) is 31.4 Å². The Morgan fingerprint density at radius 3 is 2.42 bits per heavy atom. The maximum absolute atomic E-state index is 12.1. The minimum Gasteiger partial charge on any atom is -0.465 e. The monoisotopic (exact) mass is 354 g/mol. The number of esters is 1. The molecule has 2 N–H and O–H groups in total. The summed E-state index contributed by atoms with van der Waals surface area (Å²) in [5.74, 6) is -0.925. The number of hydrogen-bond acceptors (Lipinski definition) is 4. The van der Waals surface area contributed by atoms with Gasteiger partial charge in [0.05, 0.1) is 12.7 Å². The fourth-order valence-electron chi connectivity index (χ4n) is 2.43. The lowest BCUT2D eigenvalue weighted by molar-refractivity contribution is -0.116. The Bertz CT molecular complexity index is 830. The fourth-order valence-corrected chi connectivity index (χ4v) is 2.43. The van der Waals surface area contributed by atoms with E-state index in [9.17, 15) is 14.4 Å². The molecule has 0 aliphatic carbocycles. The Kier molecular flexibility index (Phi) is 6.49. The molecule has 0 saturated heterocycles. The van der Waals surface area contributed by atoms with E-state index in [-0.39, 0.29) is 24.8 Å². The zero-order valence-corrected chi connectivity index (χ0v) is 15.1. The Balaban J connectivity index is 1.90. The highest BCUT2D eigenvalue weighted by atomic mass is 16.5. The number of anilines is 1. The minimum atomic E-state index is -0.467. The number of ether oxygens (including phenoxy) is 1. The maximum Gasteiger partial charge on any atom is 0.337 e. The van der Waals surface area contributed by atoms with Gasteiger partial charge < -0.3 is 15.4 Å². The van der Waals surface area contributed by atoms with Crippen LogP contribution in [0.25, 0.3) is 0 Å². The highest BCUT2D eigenvalue weighted by molar-refractivity contribution is 5.97. The van der Waals surface area contributed by atoms with Gasteiger partial charge in [-0.3, -0.25) is 9.59 Å². The van der Waals surface area contributed by atoms with E-state index in [1.54, 1.807) is 30.3 Å². The van der Waals surface area contributed by atoms with Crippen molar-refractivity contribution in [1.82, 2.24) is 5.32 Å². The minimum absolute atomic E-state index is 0.125. The second-order valence-electron chi connectivity index (χ2n) is 5.89. The fraction of sp³-hybridized carbons (Fsp3) is 0.250. The summed E-state index contributed by atoms with van der Waals surface area (Å²) in [5.41, 5.74) is 3.21. The first kappa shape index (κ1) is 19.2. The molecule has 6 heteroatoms. The van der Waals surface area contributed by atoms with Crippen LogP contribution in [0.15, 0.2) is 42.5 Å². The lowest BCUT2D eigenvalue weighted by Crippen LogP contribution is -2.28. The van der Waals surface area contributed by atoms with Gasteiger partial charge in [0.2, 0.25) is 5.91 Å². The lowest BCUT2D eigenvalue weighted by Gasteiger charge is -2.11. The highest BCUT2D eigenvalue weighted by Crippen LogP contribution is 2.17. The normalized spacial score (nSPS) is 10.1. The SMILES string of the molecule is COC(=O)c1ccc(C)c(NC(=O)CCNC(=O)c2ccccc2C)c1. The molecule has 0 atom stereocenters. The molecule has 0 aromatic heterocycles. The van der Waals surface area contributed by atoms with E-state index in [0.29, 0.717) is 16.8 Å². The number of carbonyl (C=O) groups excluding carboxylic acids is 3. The van der Waals surface area contributed by atoms with E-state index in [1.807, 2.05) is 26.0 Å². The van der Waals surface area contributed by atoms with Crippen LogP contribution < -0.4 is 10.6 Å². The van der Waals surface area contributed by atoms with E-state index in [0.717, 1.165) is 11.1 Å². The van der Waals surface area contributed by atoms with Crippen LogP contribution in [0.4, 0.5) is 5.69 Å². The molecule has 2 amide bonds. The molecule has 0 aliphatic rings. The summed E-state index contributed by atoms with van der Waals surface area (Å²) in [7, 11) is 1.30. The first-order valence-corrected chi connectivity index (χ1v) is 8.25. The summed E-state index contributed by atoms with van der Waals surface area (Å²) in [6, 6.07) is 12.2. The molecule has 0 spiro atoms. The standard InChI is InChI=1S/C20H22N2O4/c1-13-6-4-5-7-16(13)19(24)21-11-10-18(23)22-17-12-15(20(25)26-3)9-8-14(17)2/h4-9,12H,10-11H2,1-3H3,(H,21,24)(H,22,23). The number of amides is 2. The summed E-state index contributed by atoms with van der Waals surface area (Å²) in [5, 5.41) is 5.49. The van der Waals surface area contributed by atoms with Gasteiger partial charge in [-0.25, -0.2) is 4.79 Å². The van der Waals surface area contributed by atoms with Gasteiger partial charge in [-0.1, -0.05) is 24.3 Å². The van der Waals surface area contributed by atoms with Gasteiger partial charge >= 0.3 is 5.97 Å². The van der Waals surface area contributed by atoms with Crippen molar-refractivity contribution in [3.05, 3.63) is 64.7 Å². The molecule has 2 rings (SSSR count). The number of rotatable bonds is 6. The Labute approximate surface area is 152 Å². The van der Waals surface area contributed by atoms with E-state index in [2.05, 4.69) is 15.4 Å². The quantitative estimate of drug-likeness (QED) is 0.781. The molecule has 0 fully saturated rings.